The van der Waals surface area contributed by atoms with Gasteiger partial charge in [0.05, 0.1) is 35.0 Å². The summed E-state index contributed by atoms with van der Waals surface area (Å²) in [6.07, 6.45) is 0.877. The number of aliphatic hydroxyl groups excluding tert-OH is 1. The Hall–Kier alpha value is -4.57. The monoisotopic (exact) mass is 600 g/mol. The topological polar surface area (TPSA) is 107 Å². The molecular weight excluding hydrogens is 568 g/mol. The maximum Gasteiger partial charge on any atom is 0.301 e. The number of rotatable bonds is 9. The smallest absolute Gasteiger partial charge is 0.301 e. The summed E-state index contributed by atoms with van der Waals surface area (Å²) in [6.45, 7) is 7.99. The van der Waals surface area contributed by atoms with E-state index in [4.69, 9.17) is 23.9 Å². The van der Waals surface area contributed by atoms with Crippen LogP contribution in [0.2, 0.25) is 0 Å². The standard InChI is InChI=1S/C33H32N2O7S/c1-4-39-23-9-10-24-27(18-23)43-33(34-24)35-29(20-6-5-7-22(16-20)40-13-12-19(2)3)28(31(37)32(35)38)30(36)21-8-11-25-26(17-21)42-15-14-41-25/h5-11,16-19,29,36H,4,12-15H2,1-3H3/b30-28-. The van der Waals surface area contributed by atoms with Crippen LogP contribution in [0.5, 0.6) is 23.0 Å². The average molecular weight is 601 g/mol. The number of aliphatic hydroxyl groups is 1. The molecular formula is C33H32N2O7S. The predicted molar refractivity (Wildman–Crippen MR) is 164 cm³/mol. The number of ether oxygens (including phenoxy) is 4. The third-order valence-corrected chi connectivity index (χ3v) is 8.28. The number of ketones is 1. The van der Waals surface area contributed by atoms with Crippen molar-refractivity contribution >= 4 is 44.1 Å². The summed E-state index contributed by atoms with van der Waals surface area (Å²) in [5, 5.41) is 12.0. The average Bonchev–Trinajstić information content (AvgIpc) is 3.54. The van der Waals surface area contributed by atoms with Gasteiger partial charge in [0.1, 0.15) is 30.5 Å². The van der Waals surface area contributed by atoms with E-state index in [2.05, 4.69) is 13.8 Å². The summed E-state index contributed by atoms with van der Waals surface area (Å²) in [5.41, 5.74) is 1.56. The molecule has 1 N–H and O–H groups in total. The van der Waals surface area contributed by atoms with Gasteiger partial charge in [-0.1, -0.05) is 37.3 Å². The molecule has 0 spiro atoms. The fraction of sp³-hybridized carbons (Fsp3) is 0.303. The first-order valence-corrected chi connectivity index (χ1v) is 15.1. The summed E-state index contributed by atoms with van der Waals surface area (Å²) < 4.78 is 23.8. The lowest BCUT2D eigenvalue weighted by atomic mass is 9.95. The van der Waals surface area contributed by atoms with Gasteiger partial charge in [0.25, 0.3) is 5.78 Å². The van der Waals surface area contributed by atoms with Crippen molar-refractivity contribution in [1.82, 2.24) is 4.98 Å². The Balaban J connectivity index is 1.47. The Morgan fingerprint density at radius 3 is 2.60 bits per heavy atom. The fourth-order valence-corrected chi connectivity index (χ4v) is 6.15. The van der Waals surface area contributed by atoms with Gasteiger partial charge in [-0.2, -0.15) is 0 Å². The van der Waals surface area contributed by atoms with Crippen LogP contribution in [0.1, 0.15) is 44.4 Å². The first-order chi connectivity index (χ1) is 20.8. The minimum absolute atomic E-state index is 0.0460. The minimum atomic E-state index is -0.950. The third-order valence-electron chi connectivity index (χ3n) is 7.26. The number of thiazole rings is 1. The Kier molecular flexibility index (Phi) is 7.94. The highest BCUT2D eigenvalue weighted by atomic mass is 32.1. The lowest BCUT2D eigenvalue weighted by molar-refractivity contribution is -0.132. The zero-order valence-corrected chi connectivity index (χ0v) is 25.0. The molecule has 1 amide bonds. The van der Waals surface area contributed by atoms with Gasteiger partial charge < -0.3 is 24.1 Å². The normalized spacial score (nSPS) is 17.6. The fourth-order valence-electron chi connectivity index (χ4n) is 5.13. The van der Waals surface area contributed by atoms with Crippen molar-refractivity contribution in [3.8, 4) is 23.0 Å². The second-order valence-corrected chi connectivity index (χ2v) is 11.7. The lowest BCUT2D eigenvalue weighted by Crippen LogP contribution is -2.29. The number of carbonyl (C=O) groups excluding carboxylic acids is 2. The van der Waals surface area contributed by atoms with E-state index in [1.807, 2.05) is 49.4 Å². The molecule has 43 heavy (non-hydrogen) atoms. The van der Waals surface area contributed by atoms with Crippen molar-refractivity contribution < 1.29 is 33.6 Å². The first-order valence-electron chi connectivity index (χ1n) is 14.3. The van der Waals surface area contributed by atoms with Gasteiger partial charge in [0, 0.05) is 5.56 Å². The zero-order valence-electron chi connectivity index (χ0n) is 24.2. The van der Waals surface area contributed by atoms with Gasteiger partial charge in [0.15, 0.2) is 16.6 Å². The van der Waals surface area contributed by atoms with Crippen LogP contribution in [0.15, 0.2) is 66.2 Å². The number of hydrogen-bond acceptors (Lipinski definition) is 9. The molecule has 2 aliphatic heterocycles. The molecule has 1 atom stereocenters. The number of carbonyl (C=O) groups is 2. The number of Topliss-reactive ketones (excluding diaryl/α,β-unsaturated/α-hetero) is 1. The SMILES string of the molecule is CCOc1ccc2nc(N3C(=O)C(=O)/C(=C(\O)c4ccc5c(c4)OCCO5)C3c3cccc(OCCC(C)C)c3)sc2c1. The Morgan fingerprint density at radius 2 is 1.81 bits per heavy atom. The molecule has 2 aliphatic rings. The van der Waals surface area contributed by atoms with Crippen molar-refractivity contribution in [3.63, 3.8) is 0 Å². The molecule has 0 saturated carbocycles. The van der Waals surface area contributed by atoms with E-state index < -0.39 is 17.7 Å². The number of nitrogens with zero attached hydrogens (tertiary/aromatic N) is 2. The highest BCUT2D eigenvalue weighted by Crippen LogP contribution is 2.46. The minimum Gasteiger partial charge on any atom is -0.507 e. The highest BCUT2D eigenvalue weighted by molar-refractivity contribution is 7.22. The van der Waals surface area contributed by atoms with Gasteiger partial charge in [-0.15, -0.1) is 0 Å². The van der Waals surface area contributed by atoms with E-state index in [9.17, 15) is 14.7 Å². The molecule has 0 aliphatic carbocycles. The van der Waals surface area contributed by atoms with Crippen LogP contribution in [0, 0.1) is 5.92 Å². The lowest BCUT2D eigenvalue weighted by Gasteiger charge is -2.24. The molecule has 3 aromatic carbocycles. The zero-order chi connectivity index (χ0) is 30.1. The Morgan fingerprint density at radius 1 is 1.02 bits per heavy atom. The molecule has 1 aromatic heterocycles. The molecule has 3 heterocycles. The first kappa shape index (κ1) is 28.5. The molecule has 10 heteroatoms. The summed E-state index contributed by atoms with van der Waals surface area (Å²) in [6, 6.07) is 16.8. The van der Waals surface area contributed by atoms with Crippen molar-refractivity contribution in [2.75, 3.05) is 31.3 Å². The van der Waals surface area contributed by atoms with E-state index in [-0.39, 0.29) is 11.3 Å². The van der Waals surface area contributed by atoms with E-state index in [0.717, 1.165) is 11.1 Å². The van der Waals surface area contributed by atoms with Gasteiger partial charge in [-0.05, 0) is 73.4 Å². The quantitative estimate of drug-likeness (QED) is 0.132. The van der Waals surface area contributed by atoms with Crippen molar-refractivity contribution in [3.05, 3.63) is 77.4 Å². The van der Waals surface area contributed by atoms with Crippen molar-refractivity contribution in [2.45, 2.75) is 33.2 Å². The van der Waals surface area contributed by atoms with Crippen LogP contribution in [-0.2, 0) is 9.59 Å². The summed E-state index contributed by atoms with van der Waals surface area (Å²) >= 11 is 1.28. The molecule has 0 radical (unpaired) electrons. The largest absolute Gasteiger partial charge is 0.507 e. The molecule has 0 bridgehead atoms. The summed E-state index contributed by atoms with van der Waals surface area (Å²) in [7, 11) is 0. The van der Waals surface area contributed by atoms with Gasteiger partial charge in [-0.25, -0.2) is 4.98 Å². The van der Waals surface area contributed by atoms with Gasteiger partial charge >= 0.3 is 5.91 Å². The highest BCUT2D eigenvalue weighted by Gasteiger charge is 2.48. The number of aromatic nitrogens is 1. The Bertz CT molecular complexity index is 1730. The number of anilines is 1. The second kappa shape index (κ2) is 12.0. The second-order valence-electron chi connectivity index (χ2n) is 10.7. The maximum absolute atomic E-state index is 13.7. The van der Waals surface area contributed by atoms with E-state index in [1.165, 1.54) is 16.2 Å². The van der Waals surface area contributed by atoms with Crippen molar-refractivity contribution in [1.29, 1.82) is 0 Å². The van der Waals surface area contributed by atoms with Crippen LogP contribution in [0.4, 0.5) is 5.13 Å². The van der Waals surface area contributed by atoms with Crippen LogP contribution < -0.4 is 23.8 Å². The predicted octanol–water partition coefficient (Wildman–Crippen LogP) is 6.52. The van der Waals surface area contributed by atoms with Crippen LogP contribution in [-0.4, -0.2) is 48.2 Å². The van der Waals surface area contributed by atoms with E-state index in [0.29, 0.717) is 77.1 Å². The van der Waals surface area contributed by atoms with Gasteiger partial charge in [0.2, 0.25) is 0 Å². The molecule has 1 unspecified atom stereocenters. The molecule has 6 rings (SSSR count). The molecule has 1 saturated heterocycles. The molecule has 1 fully saturated rings. The maximum atomic E-state index is 13.7. The summed E-state index contributed by atoms with van der Waals surface area (Å²) in [5.74, 6) is 0.876. The van der Waals surface area contributed by atoms with Gasteiger partial charge in [-0.3, -0.25) is 14.5 Å². The number of hydrogen-bond donors (Lipinski definition) is 1. The molecule has 4 aromatic rings. The molecule has 222 valence electrons. The number of amides is 1. The van der Waals surface area contributed by atoms with Crippen LogP contribution >= 0.6 is 11.3 Å². The number of benzene rings is 3. The van der Waals surface area contributed by atoms with E-state index >= 15 is 0 Å². The third kappa shape index (κ3) is 5.62. The molecule has 9 nitrogen and oxygen atoms in total. The number of fused-ring (bicyclic) bond motifs is 2. The summed E-state index contributed by atoms with van der Waals surface area (Å²) in [4.78, 5) is 33.5. The van der Waals surface area contributed by atoms with E-state index in [1.54, 1.807) is 18.2 Å². The van der Waals surface area contributed by atoms with Crippen LogP contribution in [0.3, 0.4) is 0 Å². The van der Waals surface area contributed by atoms with Crippen molar-refractivity contribution in [2.24, 2.45) is 5.92 Å². The van der Waals surface area contributed by atoms with Crippen LogP contribution in [0.25, 0.3) is 16.0 Å². The Labute approximate surface area is 253 Å².